The zero-order chi connectivity index (χ0) is 14.1. The lowest BCUT2D eigenvalue weighted by Gasteiger charge is -2.35. The van der Waals surface area contributed by atoms with E-state index >= 15 is 0 Å². The number of hydrazine groups is 1. The van der Waals surface area contributed by atoms with E-state index in [-0.39, 0.29) is 6.10 Å². The lowest BCUT2D eigenvalue weighted by Crippen LogP contribution is -2.37. The van der Waals surface area contributed by atoms with E-state index in [1.54, 1.807) is 0 Å². The minimum absolute atomic E-state index is 0.128. The Morgan fingerprint density at radius 2 is 2.10 bits per heavy atom. The van der Waals surface area contributed by atoms with Crippen LogP contribution in [0.25, 0.3) is 10.9 Å². The van der Waals surface area contributed by atoms with Crippen LogP contribution in [0.15, 0.2) is 24.3 Å². The number of aliphatic hydroxyl groups is 1. The molecule has 20 heavy (non-hydrogen) atoms. The lowest BCUT2D eigenvalue weighted by atomic mass is 9.82. The van der Waals surface area contributed by atoms with Gasteiger partial charge in [-0.15, -0.1) is 0 Å². The summed E-state index contributed by atoms with van der Waals surface area (Å²) in [5.74, 6) is 7.25. The average molecular weight is 273 g/mol. The smallest absolute Gasteiger partial charge is 0.239 e. The fourth-order valence-corrected chi connectivity index (χ4v) is 2.74. The monoisotopic (exact) mass is 273 g/mol. The van der Waals surface area contributed by atoms with Gasteiger partial charge < -0.3 is 10.0 Å². The van der Waals surface area contributed by atoms with Crippen molar-refractivity contribution in [3.8, 4) is 0 Å². The molecule has 0 radical (unpaired) electrons. The summed E-state index contributed by atoms with van der Waals surface area (Å²) in [5.41, 5.74) is 3.38. The summed E-state index contributed by atoms with van der Waals surface area (Å²) >= 11 is 0. The number of nitrogens with two attached hydrogens (primary N) is 1. The van der Waals surface area contributed by atoms with Crippen LogP contribution in [-0.2, 0) is 0 Å². The summed E-state index contributed by atoms with van der Waals surface area (Å²) in [5, 5.41) is 10.4. The molecule has 1 aliphatic carbocycles. The molecule has 6 heteroatoms. The second-order valence-electron chi connectivity index (χ2n) is 5.40. The molecule has 4 N–H and O–H groups in total. The maximum absolute atomic E-state index is 9.39. The topological polar surface area (TPSA) is 87.3 Å². The number of hydrogen-bond acceptors (Lipinski definition) is 6. The van der Waals surface area contributed by atoms with Crippen molar-refractivity contribution in [3.05, 3.63) is 24.3 Å². The second kappa shape index (κ2) is 5.22. The summed E-state index contributed by atoms with van der Waals surface area (Å²) in [4.78, 5) is 10.9. The zero-order valence-electron chi connectivity index (χ0n) is 11.5. The Morgan fingerprint density at radius 3 is 2.80 bits per heavy atom. The van der Waals surface area contributed by atoms with E-state index in [0.717, 1.165) is 36.1 Å². The number of hydrogen-bond donors (Lipinski definition) is 3. The van der Waals surface area contributed by atoms with Crippen molar-refractivity contribution in [3.63, 3.8) is 0 Å². The van der Waals surface area contributed by atoms with E-state index in [2.05, 4.69) is 20.3 Å². The minimum atomic E-state index is -0.128. The highest BCUT2D eigenvalue weighted by atomic mass is 16.3. The Kier molecular flexibility index (Phi) is 3.42. The number of nitrogen functional groups attached to an aromatic ring is 1. The second-order valence-corrected chi connectivity index (χ2v) is 5.40. The largest absolute Gasteiger partial charge is 0.393 e. The van der Waals surface area contributed by atoms with Gasteiger partial charge in [-0.3, -0.25) is 5.43 Å². The number of fused-ring (bicyclic) bond motifs is 1. The highest BCUT2D eigenvalue weighted by molar-refractivity contribution is 5.90. The number of nitrogens with zero attached hydrogens (tertiary/aromatic N) is 3. The molecule has 0 aliphatic heterocycles. The third-order valence-electron chi connectivity index (χ3n) is 3.82. The Balaban J connectivity index is 1.92. The van der Waals surface area contributed by atoms with Crippen LogP contribution in [0.1, 0.15) is 12.8 Å². The predicted molar refractivity (Wildman–Crippen MR) is 79.3 cm³/mol. The van der Waals surface area contributed by atoms with Gasteiger partial charge in [0.05, 0.1) is 11.6 Å². The zero-order valence-corrected chi connectivity index (χ0v) is 11.5. The molecule has 1 aromatic heterocycles. The average Bonchev–Trinajstić information content (AvgIpc) is 2.44. The van der Waals surface area contributed by atoms with Crippen molar-refractivity contribution in [1.29, 1.82) is 0 Å². The van der Waals surface area contributed by atoms with Crippen LogP contribution in [0.3, 0.4) is 0 Å². The standard InChI is InChI=1S/C14H19N5O/c1-19(8-9-6-10(20)7-9)13-11-4-2-3-5-12(11)16-14(17-13)18-15/h2-5,9-10,20H,6-8,15H2,1H3,(H,16,17,18). The molecular formula is C14H19N5O. The van der Waals surface area contributed by atoms with Crippen molar-refractivity contribution in [1.82, 2.24) is 9.97 Å². The Labute approximate surface area is 117 Å². The number of anilines is 2. The first kappa shape index (κ1) is 13.1. The quantitative estimate of drug-likeness (QED) is 0.571. The Bertz CT molecular complexity index is 612. The number of aromatic nitrogens is 2. The van der Waals surface area contributed by atoms with Gasteiger partial charge in [0.1, 0.15) is 5.82 Å². The summed E-state index contributed by atoms with van der Waals surface area (Å²) < 4.78 is 0. The third-order valence-corrected chi connectivity index (χ3v) is 3.82. The molecule has 6 nitrogen and oxygen atoms in total. The molecule has 106 valence electrons. The van der Waals surface area contributed by atoms with Gasteiger partial charge in [0.2, 0.25) is 5.95 Å². The highest BCUT2D eigenvalue weighted by Crippen LogP contribution is 2.30. The van der Waals surface area contributed by atoms with Gasteiger partial charge in [0, 0.05) is 19.0 Å². The fraction of sp³-hybridized carbons (Fsp3) is 0.429. The Hall–Kier alpha value is -1.92. The first-order chi connectivity index (χ1) is 9.67. The maximum atomic E-state index is 9.39. The molecule has 1 aromatic carbocycles. The predicted octanol–water partition coefficient (Wildman–Crippen LogP) is 1.12. The molecule has 0 amide bonds. The van der Waals surface area contributed by atoms with Crippen molar-refractivity contribution in [2.24, 2.45) is 11.8 Å². The van der Waals surface area contributed by atoms with Gasteiger partial charge in [0.25, 0.3) is 0 Å². The molecule has 0 unspecified atom stereocenters. The summed E-state index contributed by atoms with van der Waals surface area (Å²) in [7, 11) is 2.01. The normalized spacial score (nSPS) is 21.6. The summed E-state index contributed by atoms with van der Waals surface area (Å²) in [6.45, 7) is 0.877. The van der Waals surface area contributed by atoms with Crippen molar-refractivity contribution in [2.75, 3.05) is 23.9 Å². The van der Waals surface area contributed by atoms with E-state index < -0.39 is 0 Å². The maximum Gasteiger partial charge on any atom is 0.239 e. The van der Waals surface area contributed by atoms with Crippen molar-refractivity contribution >= 4 is 22.7 Å². The van der Waals surface area contributed by atoms with E-state index in [9.17, 15) is 5.11 Å². The van der Waals surface area contributed by atoms with Gasteiger partial charge in [0.15, 0.2) is 0 Å². The molecule has 1 aliphatic rings. The van der Waals surface area contributed by atoms with Gasteiger partial charge in [-0.25, -0.2) is 10.8 Å². The van der Waals surface area contributed by atoms with Gasteiger partial charge in [-0.05, 0) is 30.9 Å². The summed E-state index contributed by atoms with van der Waals surface area (Å²) in [6, 6.07) is 7.88. The van der Waals surface area contributed by atoms with Gasteiger partial charge in [-0.1, -0.05) is 12.1 Å². The van der Waals surface area contributed by atoms with E-state index in [4.69, 9.17) is 5.84 Å². The van der Waals surface area contributed by atoms with Crippen LogP contribution in [0.4, 0.5) is 11.8 Å². The van der Waals surface area contributed by atoms with E-state index in [0.29, 0.717) is 11.9 Å². The van der Waals surface area contributed by atoms with Crippen LogP contribution in [0.2, 0.25) is 0 Å². The molecule has 1 heterocycles. The molecule has 0 spiro atoms. The van der Waals surface area contributed by atoms with Crippen LogP contribution >= 0.6 is 0 Å². The van der Waals surface area contributed by atoms with Crippen molar-refractivity contribution in [2.45, 2.75) is 18.9 Å². The Morgan fingerprint density at radius 1 is 1.35 bits per heavy atom. The molecule has 1 fully saturated rings. The molecule has 0 atom stereocenters. The third kappa shape index (κ3) is 2.39. The van der Waals surface area contributed by atoms with Gasteiger partial charge >= 0.3 is 0 Å². The van der Waals surface area contributed by atoms with E-state index in [1.165, 1.54) is 0 Å². The van der Waals surface area contributed by atoms with E-state index in [1.807, 2.05) is 31.3 Å². The molecule has 2 aromatic rings. The van der Waals surface area contributed by atoms with Crippen LogP contribution < -0.4 is 16.2 Å². The summed E-state index contributed by atoms with van der Waals surface area (Å²) in [6.07, 6.45) is 1.61. The first-order valence-electron chi connectivity index (χ1n) is 6.80. The van der Waals surface area contributed by atoms with Gasteiger partial charge in [-0.2, -0.15) is 4.98 Å². The molecule has 0 saturated heterocycles. The number of rotatable bonds is 4. The minimum Gasteiger partial charge on any atom is -0.393 e. The molecule has 1 saturated carbocycles. The molecule has 3 rings (SSSR count). The molecule has 0 bridgehead atoms. The number of benzene rings is 1. The number of aliphatic hydroxyl groups excluding tert-OH is 1. The van der Waals surface area contributed by atoms with Crippen molar-refractivity contribution < 1.29 is 5.11 Å². The highest BCUT2D eigenvalue weighted by Gasteiger charge is 2.28. The molecular weight excluding hydrogens is 254 g/mol. The first-order valence-corrected chi connectivity index (χ1v) is 6.80. The SMILES string of the molecule is CN(CC1CC(O)C1)c1nc(NN)nc2ccccc12. The number of nitrogens with one attached hydrogen (secondary N) is 1. The lowest BCUT2D eigenvalue weighted by molar-refractivity contribution is 0.0464. The fourth-order valence-electron chi connectivity index (χ4n) is 2.74. The van der Waals surface area contributed by atoms with Crippen LogP contribution in [0, 0.1) is 5.92 Å². The number of para-hydroxylation sites is 1. The van der Waals surface area contributed by atoms with Crippen LogP contribution in [0.5, 0.6) is 0 Å². The van der Waals surface area contributed by atoms with Crippen LogP contribution in [-0.4, -0.2) is 34.8 Å².